The van der Waals surface area contributed by atoms with E-state index in [0.717, 1.165) is 21.7 Å². The SMILES string of the molecule is Clc1ccc(OC2CCCC2)c(CBr)c1. The van der Waals surface area contributed by atoms with Crippen LogP contribution in [0.4, 0.5) is 0 Å². The van der Waals surface area contributed by atoms with Crippen molar-refractivity contribution < 1.29 is 4.74 Å². The van der Waals surface area contributed by atoms with Crippen molar-refractivity contribution in [3.8, 4) is 5.75 Å². The molecule has 2 rings (SSSR count). The van der Waals surface area contributed by atoms with E-state index in [9.17, 15) is 0 Å². The minimum atomic E-state index is 0.406. The number of hydrogen-bond acceptors (Lipinski definition) is 1. The number of alkyl halides is 1. The Balaban J connectivity index is 2.12. The van der Waals surface area contributed by atoms with Crippen LogP contribution >= 0.6 is 27.5 Å². The summed E-state index contributed by atoms with van der Waals surface area (Å²) in [5, 5.41) is 1.55. The van der Waals surface area contributed by atoms with Gasteiger partial charge in [-0.05, 0) is 43.9 Å². The zero-order chi connectivity index (χ0) is 10.7. The molecule has 0 saturated heterocycles. The van der Waals surface area contributed by atoms with E-state index in [1.54, 1.807) is 0 Å². The molecule has 0 amide bonds. The third-order valence-corrected chi connectivity index (χ3v) is 3.60. The molecule has 15 heavy (non-hydrogen) atoms. The summed E-state index contributed by atoms with van der Waals surface area (Å²) >= 11 is 9.39. The van der Waals surface area contributed by atoms with Gasteiger partial charge in [0, 0.05) is 15.9 Å². The number of hydrogen-bond donors (Lipinski definition) is 0. The Morgan fingerprint density at radius 2 is 2.07 bits per heavy atom. The van der Waals surface area contributed by atoms with Crippen LogP contribution in [0.2, 0.25) is 5.02 Å². The zero-order valence-corrected chi connectivity index (χ0v) is 10.9. The van der Waals surface area contributed by atoms with Gasteiger partial charge in [0.05, 0.1) is 6.10 Å². The third-order valence-electron chi connectivity index (χ3n) is 2.76. The van der Waals surface area contributed by atoms with Gasteiger partial charge in [-0.15, -0.1) is 0 Å². The number of ether oxygens (including phenoxy) is 1. The number of benzene rings is 1. The van der Waals surface area contributed by atoms with Crippen LogP contribution in [0.25, 0.3) is 0 Å². The van der Waals surface area contributed by atoms with Gasteiger partial charge in [0.15, 0.2) is 0 Å². The molecule has 0 aliphatic heterocycles. The van der Waals surface area contributed by atoms with Crippen LogP contribution in [0.1, 0.15) is 31.2 Å². The molecule has 1 aromatic rings. The van der Waals surface area contributed by atoms with E-state index >= 15 is 0 Å². The summed E-state index contributed by atoms with van der Waals surface area (Å²) in [6.45, 7) is 0. The van der Waals surface area contributed by atoms with Gasteiger partial charge in [-0.25, -0.2) is 0 Å². The van der Waals surface area contributed by atoms with Gasteiger partial charge >= 0.3 is 0 Å². The first-order valence-corrected chi connectivity index (χ1v) is 6.80. The van der Waals surface area contributed by atoms with E-state index in [0.29, 0.717) is 6.10 Å². The van der Waals surface area contributed by atoms with Crippen molar-refractivity contribution in [2.24, 2.45) is 0 Å². The maximum Gasteiger partial charge on any atom is 0.123 e. The maximum atomic E-state index is 5.96. The van der Waals surface area contributed by atoms with Gasteiger partial charge in [-0.2, -0.15) is 0 Å². The van der Waals surface area contributed by atoms with Crippen LogP contribution in [0.3, 0.4) is 0 Å². The first-order chi connectivity index (χ1) is 7.29. The van der Waals surface area contributed by atoms with Crippen LogP contribution < -0.4 is 4.74 Å². The summed E-state index contributed by atoms with van der Waals surface area (Å²) in [6.07, 6.45) is 5.36. The Kier molecular flexibility index (Phi) is 3.92. The Hall–Kier alpha value is -0.210. The summed E-state index contributed by atoms with van der Waals surface area (Å²) in [5.41, 5.74) is 1.13. The van der Waals surface area contributed by atoms with Crippen LogP contribution in [0.5, 0.6) is 5.75 Å². The fraction of sp³-hybridized carbons (Fsp3) is 0.500. The molecule has 1 nitrogen and oxygen atoms in total. The van der Waals surface area contributed by atoms with Crippen molar-refractivity contribution in [3.63, 3.8) is 0 Å². The fourth-order valence-electron chi connectivity index (χ4n) is 1.95. The Labute approximate surface area is 104 Å². The average molecular weight is 290 g/mol. The molecule has 1 aromatic carbocycles. The van der Waals surface area contributed by atoms with E-state index in [-0.39, 0.29) is 0 Å². The van der Waals surface area contributed by atoms with E-state index in [1.165, 1.54) is 25.7 Å². The van der Waals surface area contributed by atoms with Gasteiger partial charge in [0.2, 0.25) is 0 Å². The van der Waals surface area contributed by atoms with E-state index in [2.05, 4.69) is 15.9 Å². The molecule has 1 fully saturated rings. The summed E-state index contributed by atoms with van der Waals surface area (Å²) in [5.74, 6) is 0.975. The smallest absolute Gasteiger partial charge is 0.123 e. The molecule has 1 aliphatic carbocycles. The van der Waals surface area contributed by atoms with Crippen molar-refractivity contribution in [1.82, 2.24) is 0 Å². The van der Waals surface area contributed by atoms with Gasteiger partial charge in [-0.3, -0.25) is 0 Å². The maximum absolute atomic E-state index is 5.96. The lowest BCUT2D eigenvalue weighted by Gasteiger charge is -2.15. The average Bonchev–Trinajstić information content (AvgIpc) is 2.73. The summed E-state index contributed by atoms with van der Waals surface area (Å²) < 4.78 is 5.96. The first kappa shape index (κ1) is 11.3. The van der Waals surface area contributed by atoms with Crippen LogP contribution in [-0.4, -0.2) is 6.10 Å². The lowest BCUT2D eigenvalue weighted by Crippen LogP contribution is -2.11. The molecule has 3 heteroatoms. The van der Waals surface area contributed by atoms with Crippen molar-refractivity contribution in [1.29, 1.82) is 0 Å². The van der Waals surface area contributed by atoms with Crippen molar-refractivity contribution in [2.45, 2.75) is 37.1 Å². The van der Waals surface area contributed by atoms with E-state index in [4.69, 9.17) is 16.3 Å². The minimum Gasteiger partial charge on any atom is -0.490 e. The molecular weight excluding hydrogens is 275 g/mol. The van der Waals surface area contributed by atoms with E-state index < -0.39 is 0 Å². The molecule has 82 valence electrons. The Morgan fingerprint density at radius 1 is 1.33 bits per heavy atom. The molecule has 0 N–H and O–H groups in total. The van der Waals surface area contributed by atoms with Gasteiger partial charge < -0.3 is 4.74 Å². The molecule has 0 radical (unpaired) electrons. The van der Waals surface area contributed by atoms with Crippen molar-refractivity contribution in [2.75, 3.05) is 0 Å². The van der Waals surface area contributed by atoms with Crippen LogP contribution in [0, 0.1) is 0 Å². The predicted octanol–water partition coefficient (Wildman–Crippen LogP) is 4.56. The van der Waals surface area contributed by atoms with Crippen molar-refractivity contribution in [3.05, 3.63) is 28.8 Å². The highest BCUT2D eigenvalue weighted by Crippen LogP contribution is 2.29. The number of halogens is 2. The van der Waals surface area contributed by atoms with E-state index in [1.807, 2.05) is 18.2 Å². The summed E-state index contributed by atoms with van der Waals surface area (Å²) in [4.78, 5) is 0. The molecular formula is C12H14BrClO. The van der Waals surface area contributed by atoms with Gasteiger partial charge in [0.1, 0.15) is 5.75 Å². The molecule has 0 heterocycles. The summed E-state index contributed by atoms with van der Waals surface area (Å²) in [6, 6.07) is 5.82. The molecule has 0 spiro atoms. The normalized spacial score (nSPS) is 16.9. The quantitative estimate of drug-likeness (QED) is 0.741. The number of rotatable bonds is 3. The van der Waals surface area contributed by atoms with Gasteiger partial charge in [0.25, 0.3) is 0 Å². The first-order valence-electron chi connectivity index (χ1n) is 5.30. The second-order valence-electron chi connectivity index (χ2n) is 3.91. The second-order valence-corrected chi connectivity index (χ2v) is 4.91. The standard InChI is InChI=1S/C12H14BrClO/c13-8-9-7-10(14)5-6-12(9)15-11-3-1-2-4-11/h5-7,11H,1-4,8H2. The minimum absolute atomic E-state index is 0.406. The molecule has 0 unspecified atom stereocenters. The predicted molar refractivity (Wildman–Crippen MR) is 67.0 cm³/mol. The lowest BCUT2D eigenvalue weighted by atomic mass is 10.2. The second kappa shape index (κ2) is 5.22. The van der Waals surface area contributed by atoms with Crippen molar-refractivity contribution >= 4 is 27.5 Å². The topological polar surface area (TPSA) is 9.23 Å². The molecule has 0 bridgehead atoms. The monoisotopic (exact) mass is 288 g/mol. The van der Waals surface area contributed by atoms with Gasteiger partial charge in [-0.1, -0.05) is 27.5 Å². The molecule has 1 aliphatic rings. The van der Waals surface area contributed by atoms with Crippen LogP contribution in [0.15, 0.2) is 18.2 Å². The zero-order valence-electron chi connectivity index (χ0n) is 8.51. The fourth-order valence-corrected chi connectivity index (χ4v) is 2.59. The highest BCUT2D eigenvalue weighted by atomic mass is 79.9. The Morgan fingerprint density at radius 3 is 2.73 bits per heavy atom. The third kappa shape index (κ3) is 2.88. The molecule has 1 saturated carbocycles. The van der Waals surface area contributed by atoms with Crippen LogP contribution in [-0.2, 0) is 5.33 Å². The highest BCUT2D eigenvalue weighted by molar-refractivity contribution is 9.08. The highest BCUT2D eigenvalue weighted by Gasteiger charge is 2.17. The molecule has 0 aromatic heterocycles. The largest absolute Gasteiger partial charge is 0.490 e. The lowest BCUT2D eigenvalue weighted by molar-refractivity contribution is 0.208. The molecule has 0 atom stereocenters. The Bertz CT molecular complexity index is 334. The summed E-state index contributed by atoms with van der Waals surface area (Å²) in [7, 11) is 0.